The van der Waals surface area contributed by atoms with E-state index in [9.17, 15) is 5.11 Å². The highest BCUT2D eigenvalue weighted by Gasteiger charge is 2.58. The number of nitrogens with zero attached hydrogens (tertiary/aromatic N) is 1. The first-order valence-electron chi connectivity index (χ1n) is 13.4. The summed E-state index contributed by atoms with van der Waals surface area (Å²) in [5.74, 6) is 5.72. The van der Waals surface area contributed by atoms with Gasteiger partial charge in [-0.25, -0.2) is 0 Å². The van der Waals surface area contributed by atoms with Crippen molar-refractivity contribution in [2.45, 2.75) is 96.9 Å². The average molecular weight is 448 g/mol. The van der Waals surface area contributed by atoms with E-state index < -0.39 is 0 Å². The van der Waals surface area contributed by atoms with Gasteiger partial charge in [0, 0.05) is 12.2 Å². The molecule has 0 aromatic carbocycles. The number of ether oxygens (including phenoxy) is 1. The van der Waals surface area contributed by atoms with Crippen molar-refractivity contribution in [3.63, 3.8) is 0 Å². The minimum atomic E-state index is -0.212. The van der Waals surface area contributed by atoms with Gasteiger partial charge in [0.05, 0.1) is 18.8 Å². The summed E-state index contributed by atoms with van der Waals surface area (Å²) in [4.78, 5) is 2.44. The van der Waals surface area contributed by atoms with Crippen LogP contribution in [0.2, 0.25) is 0 Å². The number of likely N-dealkylation sites (tertiary alicyclic amines) is 1. The molecule has 1 saturated heterocycles. The Bertz CT molecular complexity index is 997. The van der Waals surface area contributed by atoms with Gasteiger partial charge in [0.15, 0.2) is 0 Å². The normalized spacial score (nSPS) is 46.5. The first-order valence-corrected chi connectivity index (χ1v) is 13.4. The van der Waals surface area contributed by atoms with Crippen LogP contribution in [0.4, 0.5) is 0 Å². The molecule has 8 unspecified atom stereocenters. The molecule has 33 heavy (non-hydrogen) atoms. The van der Waals surface area contributed by atoms with Crippen LogP contribution in [0.25, 0.3) is 0 Å². The molecule has 0 radical (unpaired) electrons. The van der Waals surface area contributed by atoms with E-state index in [0.29, 0.717) is 18.4 Å². The molecule has 0 aromatic heterocycles. The lowest BCUT2D eigenvalue weighted by Gasteiger charge is -2.49. The van der Waals surface area contributed by atoms with Crippen LogP contribution in [-0.2, 0) is 4.74 Å². The van der Waals surface area contributed by atoms with Crippen molar-refractivity contribution in [3.05, 3.63) is 34.1 Å². The zero-order chi connectivity index (χ0) is 23.1. The number of piperidine rings is 1. The molecule has 8 atom stereocenters. The maximum Gasteiger partial charge on any atom is 0.113 e. The predicted octanol–water partition coefficient (Wildman–Crippen LogP) is 5.62. The molecule has 0 aromatic rings. The standard InChI is InChI=1S/C30H41NO2/c1-6-13-31-17-18(2)14-27-28(31)20(4)30(33-27)12-10-23-24-8-7-21-15-22(32)9-11-29(21,5)26(24)16-25(23)19(30)3/h1,7,18,22-24,26-27,32H,8-17H2,2-5H3. The third kappa shape index (κ3) is 2.96. The monoisotopic (exact) mass is 447 g/mol. The quantitative estimate of drug-likeness (QED) is 0.418. The minimum Gasteiger partial charge on any atom is -0.393 e. The fourth-order valence-electron chi connectivity index (χ4n) is 9.19. The summed E-state index contributed by atoms with van der Waals surface area (Å²) < 4.78 is 7.08. The lowest BCUT2D eigenvalue weighted by Crippen LogP contribution is -2.42. The molecule has 2 aliphatic heterocycles. The van der Waals surface area contributed by atoms with Crippen molar-refractivity contribution < 1.29 is 9.84 Å². The van der Waals surface area contributed by atoms with Gasteiger partial charge in [0.2, 0.25) is 0 Å². The molecule has 6 aliphatic rings. The third-order valence-corrected chi connectivity index (χ3v) is 10.9. The summed E-state index contributed by atoms with van der Waals surface area (Å²) in [6.07, 6.45) is 17.3. The van der Waals surface area contributed by atoms with Crippen LogP contribution in [0.5, 0.6) is 0 Å². The Labute approximate surface area is 200 Å². The number of terminal acetylenes is 1. The zero-order valence-corrected chi connectivity index (χ0v) is 21.0. The second-order valence-corrected chi connectivity index (χ2v) is 12.4. The average Bonchev–Trinajstić information content (AvgIpc) is 3.29. The molecule has 2 saturated carbocycles. The van der Waals surface area contributed by atoms with E-state index in [0.717, 1.165) is 50.5 Å². The molecule has 3 nitrogen and oxygen atoms in total. The molecule has 6 rings (SSSR count). The first-order chi connectivity index (χ1) is 15.8. The largest absolute Gasteiger partial charge is 0.393 e. The van der Waals surface area contributed by atoms with Crippen LogP contribution >= 0.6 is 0 Å². The van der Waals surface area contributed by atoms with Crippen molar-refractivity contribution in [3.8, 4) is 12.3 Å². The van der Waals surface area contributed by atoms with Gasteiger partial charge in [0.1, 0.15) is 5.60 Å². The van der Waals surface area contributed by atoms with Crippen molar-refractivity contribution in [2.75, 3.05) is 13.1 Å². The number of rotatable bonds is 1. The van der Waals surface area contributed by atoms with Crippen molar-refractivity contribution in [1.29, 1.82) is 0 Å². The zero-order valence-electron chi connectivity index (χ0n) is 21.0. The minimum absolute atomic E-state index is 0.133. The van der Waals surface area contributed by atoms with Gasteiger partial charge in [-0.15, -0.1) is 6.42 Å². The van der Waals surface area contributed by atoms with Crippen molar-refractivity contribution in [1.82, 2.24) is 4.90 Å². The van der Waals surface area contributed by atoms with Gasteiger partial charge in [0.25, 0.3) is 0 Å². The lowest BCUT2D eigenvalue weighted by molar-refractivity contribution is -0.0446. The second kappa shape index (κ2) is 7.50. The molecule has 0 amide bonds. The SMILES string of the molecule is C#CCN1CC(C)CC2OC3(CCC4C(=C3C)CC3C4CC=C4CC(O)CCC43C)C(C)=C21. The number of aliphatic hydroxyl groups excluding tert-OH is 1. The summed E-state index contributed by atoms with van der Waals surface area (Å²) in [6, 6.07) is 0. The smallest absolute Gasteiger partial charge is 0.113 e. The van der Waals surface area contributed by atoms with Gasteiger partial charge in [-0.05, 0) is 105 Å². The third-order valence-electron chi connectivity index (χ3n) is 10.9. The molecule has 4 aliphatic carbocycles. The van der Waals surface area contributed by atoms with E-state index in [4.69, 9.17) is 11.2 Å². The Morgan fingerprint density at radius 1 is 1.21 bits per heavy atom. The second-order valence-electron chi connectivity index (χ2n) is 12.4. The number of fused-ring (bicyclic) bond motifs is 6. The molecule has 3 heteroatoms. The van der Waals surface area contributed by atoms with E-state index in [1.54, 1.807) is 11.1 Å². The molecule has 1 N–H and O–H groups in total. The summed E-state index contributed by atoms with van der Waals surface area (Å²) >= 11 is 0. The molecule has 1 spiro atoms. The fraction of sp³-hybridized carbons (Fsp3) is 0.733. The van der Waals surface area contributed by atoms with E-state index in [-0.39, 0.29) is 23.2 Å². The summed E-state index contributed by atoms with van der Waals surface area (Å²) in [5.41, 5.74) is 7.70. The lowest BCUT2D eigenvalue weighted by atomic mass is 9.56. The summed E-state index contributed by atoms with van der Waals surface area (Å²) in [5, 5.41) is 10.3. The number of hydrogen-bond donors (Lipinski definition) is 1. The summed E-state index contributed by atoms with van der Waals surface area (Å²) in [6.45, 7) is 11.3. The number of aliphatic hydroxyl groups is 1. The highest BCUT2D eigenvalue weighted by molar-refractivity contribution is 5.46. The molecule has 2 heterocycles. The predicted molar refractivity (Wildman–Crippen MR) is 132 cm³/mol. The van der Waals surface area contributed by atoms with E-state index in [2.05, 4.69) is 44.6 Å². The maximum absolute atomic E-state index is 10.3. The van der Waals surface area contributed by atoms with Gasteiger partial charge < -0.3 is 14.7 Å². The molecule has 3 fully saturated rings. The van der Waals surface area contributed by atoms with Crippen molar-refractivity contribution in [2.24, 2.45) is 29.1 Å². The Morgan fingerprint density at radius 3 is 2.82 bits per heavy atom. The summed E-state index contributed by atoms with van der Waals surface area (Å²) in [7, 11) is 0. The van der Waals surface area contributed by atoms with Gasteiger partial charge in [-0.3, -0.25) is 0 Å². The van der Waals surface area contributed by atoms with Crippen LogP contribution < -0.4 is 0 Å². The maximum atomic E-state index is 10.3. The molecule has 0 bridgehead atoms. The van der Waals surface area contributed by atoms with Crippen LogP contribution in [0.3, 0.4) is 0 Å². The van der Waals surface area contributed by atoms with Gasteiger partial charge >= 0.3 is 0 Å². The first kappa shape index (κ1) is 22.0. The topological polar surface area (TPSA) is 32.7 Å². The Kier molecular flexibility index (Phi) is 5.00. The van der Waals surface area contributed by atoms with Crippen LogP contribution in [-0.4, -0.2) is 40.9 Å². The highest BCUT2D eigenvalue weighted by atomic mass is 16.5. The Morgan fingerprint density at radius 2 is 2.03 bits per heavy atom. The van der Waals surface area contributed by atoms with Gasteiger partial charge in [-0.2, -0.15) is 0 Å². The van der Waals surface area contributed by atoms with E-state index >= 15 is 0 Å². The van der Waals surface area contributed by atoms with E-state index in [1.165, 1.54) is 36.1 Å². The van der Waals surface area contributed by atoms with Crippen LogP contribution in [0.1, 0.15) is 79.1 Å². The van der Waals surface area contributed by atoms with Crippen molar-refractivity contribution >= 4 is 0 Å². The van der Waals surface area contributed by atoms with E-state index in [1.807, 2.05) is 0 Å². The number of hydrogen-bond acceptors (Lipinski definition) is 3. The Hall–Kier alpha value is -1.50. The van der Waals surface area contributed by atoms with Gasteiger partial charge in [-0.1, -0.05) is 37.0 Å². The molecule has 178 valence electrons. The molecular formula is C30H41NO2. The fourth-order valence-corrected chi connectivity index (χ4v) is 9.19. The number of allylic oxidation sites excluding steroid dienone is 2. The highest BCUT2D eigenvalue weighted by Crippen LogP contribution is 2.65. The van der Waals surface area contributed by atoms with Crippen LogP contribution in [0, 0.1) is 41.4 Å². The Balaban J connectivity index is 1.37. The van der Waals surface area contributed by atoms with Crippen LogP contribution in [0.15, 0.2) is 34.1 Å². The molecular weight excluding hydrogens is 406 g/mol.